The fourth-order valence-corrected chi connectivity index (χ4v) is 4.42. The maximum atomic E-state index is 13.3. The van der Waals surface area contributed by atoms with Crippen LogP contribution in [-0.4, -0.2) is 46.7 Å². The smallest absolute Gasteiger partial charge is 0.129 e. The van der Waals surface area contributed by atoms with Gasteiger partial charge in [-0.05, 0) is 63.3 Å². The number of nitrogens with zero attached hydrogens (tertiary/aromatic N) is 4. The third-order valence-electron chi connectivity index (χ3n) is 6.16. The van der Waals surface area contributed by atoms with E-state index >= 15 is 0 Å². The first-order valence-electron chi connectivity index (χ1n) is 14.2. The molecular formula is C31H50FN5O. The molecular weight excluding hydrogens is 477 g/mol. The molecule has 0 saturated carbocycles. The van der Waals surface area contributed by atoms with Crippen molar-refractivity contribution >= 4 is 22.4 Å². The van der Waals surface area contributed by atoms with Gasteiger partial charge in [0.1, 0.15) is 11.6 Å². The van der Waals surface area contributed by atoms with E-state index in [4.69, 9.17) is 0 Å². The van der Waals surface area contributed by atoms with E-state index in [9.17, 15) is 9.18 Å². The van der Waals surface area contributed by atoms with Crippen LogP contribution in [0.15, 0.2) is 24.4 Å². The topological polar surface area (TPSA) is 63.1 Å². The Bertz CT molecular complexity index is 1120. The average Bonchev–Trinajstić information content (AvgIpc) is 3.26. The van der Waals surface area contributed by atoms with Gasteiger partial charge < -0.3 is 15.0 Å². The van der Waals surface area contributed by atoms with Crippen LogP contribution in [0.3, 0.4) is 0 Å². The summed E-state index contributed by atoms with van der Waals surface area (Å²) >= 11 is 0. The van der Waals surface area contributed by atoms with Crippen molar-refractivity contribution in [1.29, 1.82) is 0 Å². The van der Waals surface area contributed by atoms with Gasteiger partial charge in [-0.25, -0.2) is 4.39 Å². The van der Waals surface area contributed by atoms with E-state index < -0.39 is 0 Å². The summed E-state index contributed by atoms with van der Waals surface area (Å²) < 4.78 is 15.0. The summed E-state index contributed by atoms with van der Waals surface area (Å²) in [6.07, 6.45) is 6.66. The Morgan fingerprint density at radius 2 is 1.71 bits per heavy atom. The van der Waals surface area contributed by atoms with Crippen LogP contribution in [0.1, 0.15) is 83.3 Å². The highest BCUT2D eigenvalue weighted by atomic mass is 19.1. The molecule has 0 aliphatic carbocycles. The number of carbonyl (C=O) groups excluding carboxylic acids is 1. The number of hydrogen-bond donors (Lipinski definition) is 1. The highest BCUT2D eigenvalue weighted by Crippen LogP contribution is 2.25. The summed E-state index contributed by atoms with van der Waals surface area (Å²) in [6.45, 7) is 20.4. The van der Waals surface area contributed by atoms with Crippen molar-refractivity contribution in [3.05, 3.63) is 52.7 Å². The van der Waals surface area contributed by atoms with E-state index in [0.717, 1.165) is 74.0 Å². The van der Waals surface area contributed by atoms with Gasteiger partial charge in [0, 0.05) is 74.4 Å². The third kappa shape index (κ3) is 10.5. The average molecular weight is 528 g/mol. The standard InChI is InChI=1S/C14H23N3.C10H11FN2.C5H10O.C2H6/c1-4-5-13-12(3)16-11(2)10-14(13)17-8-6-15-7-9-17;1-3-7-4-8-6-13(2)12-10(8)5-9(7)11;1-3-4-5(2)6;1-2/h10,15H,4-9H2,1-3H3;4-6H,3H2,1-2H3;3-4H2,1-2H3;1-2H3. The first-order chi connectivity index (χ1) is 18.2. The van der Waals surface area contributed by atoms with Crippen LogP contribution in [-0.2, 0) is 24.7 Å². The maximum Gasteiger partial charge on any atom is 0.129 e. The van der Waals surface area contributed by atoms with Crippen molar-refractivity contribution in [1.82, 2.24) is 20.1 Å². The molecule has 0 bridgehead atoms. The lowest BCUT2D eigenvalue weighted by Gasteiger charge is -2.32. The van der Waals surface area contributed by atoms with Crippen LogP contribution in [0.4, 0.5) is 10.1 Å². The molecule has 3 heterocycles. The van der Waals surface area contributed by atoms with Crippen LogP contribution in [0.5, 0.6) is 0 Å². The summed E-state index contributed by atoms with van der Waals surface area (Å²) in [5.74, 6) is 0.131. The van der Waals surface area contributed by atoms with E-state index in [1.807, 2.05) is 47.0 Å². The van der Waals surface area contributed by atoms with Gasteiger partial charge in [-0.15, -0.1) is 0 Å². The number of nitrogens with one attached hydrogen (secondary N) is 1. The van der Waals surface area contributed by atoms with Gasteiger partial charge in [-0.3, -0.25) is 9.67 Å². The van der Waals surface area contributed by atoms with Crippen molar-refractivity contribution in [2.45, 2.75) is 87.5 Å². The van der Waals surface area contributed by atoms with Crippen molar-refractivity contribution < 1.29 is 9.18 Å². The first-order valence-corrected chi connectivity index (χ1v) is 14.2. The van der Waals surface area contributed by atoms with Gasteiger partial charge in [0.05, 0.1) is 5.52 Å². The molecule has 0 amide bonds. The zero-order valence-electron chi connectivity index (χ0n) is 25.2. The Balaban J connectivity index is 0.000000304. The number of benzene rings is 1. The predicted octanol–water partition coefficient (Wildman–Crippen LogP) is 6.74. The minimum absolute atomic E-state index is 0.159. The molecule has 212 valence electrons. The van der Waals surface area contributed by atoms with Crippen molar-refractivity contribution in [2.24, 2.45) is 7.05 Å². The highest BCUT2D eigenvalue weighted by molar-refractivity contribution is 5.79. The summed E-state index contributed by atoms with van der Waals surface area (Å²) in [5.41, 5.74) is 6.67. The molecule has 1 fully saturated rings. The lowest BCUT2D eigenvalue weighted by molar-refractivity contribution is -0.117. The van der Waals surface area contributed by atoms with Crippen LogP contribution in [0, 0.1) is 19.7 Å². The molecule has 4 rings (SSSR count). The third-order valence-corrected chi connectivity index (χ3v) is 6.16. The van der Waals surface area contributed by atoms with Crippen LogP contribution in [0.25, 0.3) is 10.9 Å². The zero-order chi connectivity index (χ0) is 28.7. The fraction of sp³-hybridized carbons (Fsp3) is 0.581. The molecule has 0 unspecified atom stereocenters. The summed E-state index contributed by atoms with van der Waals surface area (Å²) in [5, 5.41) is 8.53. The number of anilines is 1. The minimum Gasteiger partial charge on any atom is -0.369 e. The number of fused-ring (bicyclic) bond motifs is 1. The number of piperazine rings is 1. The Morgan fingerprint density at radius 3 is 2.24 bits per heavy atom. The quantitative estimate of drug-likeness (QED) is 0.385. The van der Waals surface area contributed by atoms with Crippen LogP contribution >= 0.6 is 0 Å². The molecule has 0 spiro atoms. The van der Waals surface area contributed by atoms with Crippen molar-refractivity contribution in [3.8, 4) is 0 Å². The van der Waals surface area contributed by atoms with Gasteiger partial charge >= 0.3 is 0 Å². The van der Waals surface area contributed by atoms with Gasteiger partial charge in [0.2, 0.25) is 0 Å². The normalized spacial score (nSPS) is 12.5. The van der Waals surface area contributed by atoms with Crippen LogP contribution in [0.2, 0.25) is 0 Å². The number of halogens is 1. The number of rotatable bonds is 6. The monoisotopic (exact) mass is 527 g/mol. The van der Waals surface area contributed by atoms with E-state index in [2.05, 4.69) is 47.1 Å². The number of Topliss-reactive ketones (excluding diaryl/α,β-unsaturated/α-hetero) is 1. The lowest BCUT2D eigenvalue weighted by atomic mass is 10.0. The van der Waals surface area contributed by atoms with E-state index in [-0.39, 0.29) is 11.6 Å². The van der Waals surface area contributed by atoms with E-state index in [1.165, 1.54) is 29.4 Å². The molecule has 1 aromatic carbocycles. The molecule has 0 atom stereocenters. The summed E-state index contributed by atoms with van der Waals surface area (Å²) in [7, 11) is 1.84. The van der Waals surface area contributed by atoms with Gasteiger partial charge in [-0.1, -0.05) is 41.0 Å². The Kier molecular flexibility index (Phi) is 15.4. The molecule has 2 aromatic heterocycles. The molecule has 1 aliphatic heterocycles. The number of aryl methyl sites for hydroxylation is 4. The molecule has 1 saturated heterocycles. The summed E-state index contributed by atoms with van der Waals surface area (Å²) in [4.78, 5) is 17.2. The van der Waals surface area contributed by atoms with Crippen molar-refractivity contribution in [3.63, 3.8) is 0 Å². The largest absolute Gasteiger partial charge is 0.369 e. The van der Waals surface area contributed by atoms with Gasteiger partial charge in [0.25, 0.3) is 0 Å². The summed E-state index contributed by atoms with van der Waals surface area (Å²) in [6, 6.07) is 5.61. The SMILES string of the molecule is CC.CCCC(C)=O.CCCc1c(N2CCNCC2)cc(C)nc1C.CCc1cc2cn(C)nc2cc1F. The molecule has 1 aliphatic rings. The van der Waals surface area contributed by atoms with Gasteiger partial charge in [0.15, 0.2) is 0 Å². The maximum absolute atomic E-state index is 13.3. The Morgan fingerprint density at radius 1 is 1.05 bits per heavy atom. The Hall–Kier alpha value is -2.80. The number of pyridine rings is 1. The second kappa shape index (κ2) is 17.7. The Labute approximate surface area is 230 Å². The highest BCUT2D eigenvalue weighted by Gasteiger charge is 2.16. The minimum atomic E-state index is -0.159. The predicted molar refractivity (Wildman–Crippen MR) is 160 cm³/mol. The van der Waals surface area contributed by atoms with E-state index in [1.54, 1.807) is 11.6 Å². The lowest BCUT2D eigenvalue weighted by Crippen LogP contribution is -2.44. The van der Waals surface area contributed by atoms with Crippen LogP contribution < -0.4 is 10.2 Å². The molecule has 0 radical (unpaired) electrons. The second-order valence-electron chi connectivity index (χ2n) is 9.44. The fourth-order valence-electron chi connectivity index (χ4n) is 4.42. The molecule has 7 heteroatoms. The molecule has 3 aromatic rings. The number of ketones is 1. The van der Waals surface area contributed by atoms with E-state index in [0.29, 0.717) is 0 Å². The molecule has 1 N–H and O–H groups in total. The molecule has 38 heavy (non-hydrogen) atoms. The number of hydrogen-bond acceptors (Lipinski definition) is 5. The van der Waals surface area contributed by atoms with Crippen molar-refractivity contribution in [2.75, 3.05) is 31.1 Å². The first kappa shape index (κ1) is 33.2. The number of aromatic nitrogens is 3. The van der Waals surface area contributed by atoms with Gasteiger partial charge in [-0.2, -0.15) is 5.10 Å². The zero-order valence-corrected chi connectivity index (χ0v) is 25.2. The second-order valence-corrected chi connectivity index (χ2v) is 9.44. The number of carbonyl (C=O) groups is 1. The molecule has 6 nitrogen and oxygen atoms in total.